The van der Waals surface area contributed by atoms with Crippen LogP contribution in [0.2, 0.25) is 5.02 Å². The molecule has 0 saturated carbocycles. The van der Waals surface area contributed by atoms with Gasteiger partial charge in [-0.1, -0.05) is 29.8 Å². The Bertz CT molecular complexity index is 596. The van der Waals surface area contributed by atoms with E-state index in [0.717, 1.165) is 16.3 Å². The molecule has 1 unspecified atom stereocenters. The van der Waals surface area contributed by atoms with E-state index in [0.29, 0.717) is 0 Å². The summed E-state index contributed by atoms with van der Waals surface area (Å²) >= 11 is 6.16. The molecule has 0 saturated heterocycles. The van der Waals surface area contributed by atoms with Crippen LogP contribution in [0, 0.1) is 0 Å². The number of benzene rings is 1. The van der Waals surface area contributed by atoms with Crippen molar-refractivity contribution < 1.29 is 4.79 Å². The molecule has 0 aliphatic rings. The van der Waals surface area contributed by atoms with Gasteiger partial charge in [0.05, 0.1) is 17.9 Å². The van der Waals surface area contributed by atoms with Gasteiger partial charge in [0.25, 0.3) is 0 Å². The molecule has 0 aliphatic carbocycles. The van der Waals surface area contributed by atoms with Crippen molar-refractivity contribution in [1.29, 1.82) is 0 Å². The number of carbonyl (C=O) groups excluding carboxylic acids is 1. The fourth-order valence-corrected chi connectivity index (χ4v) is 2.20. The first-order chi connectivity index (χ1) is 9.60. The minimum Gasteiger partial charge on any atom is -0.376 e. The molecule has 1 aromatic heterocycles. The van der Waals surface area contributed by atoms with Crippen LogP contribution >= 0.6 is 11.6 Å². The number of halogens is 1. The molecule has 2 rings (SSSR count). The number of nitrogens with zero attached hydrogens (tertiary/aromatic N) is 2. The fraction of sp³-hybridized carbons (Fsp3) is 0.286. The molecule has 0 bridgehead atoms. The van der Waals surface area contributed by atoms with Crippen LogP contribution in [0.25, 0.3) is 0 Å². The lowest BCUT2D eigenvalue weighted by atomic mass is 10.1. The molecule has 5 nitrogen and oxygen atoms in total. The van der Waals surface area contributed by atoms with E-state index in [2.05, 4.69) is 15.7 Å². The molecule has 106 valence electrons. The highest BCUT2D eigenvalue weighted by Crippen LogP contribution is 2.25. The Labute approximate surface area is 122 Å². The van der Waals surface area contributed by atoms with E-state index < -0.39 is 0 Å². The summed E-state index contributed by atoms with van der Waals surface area (Å²) in [6.45, 7) is 2.23. The summed E-state index contributed by atoms with van der Waals surface area (Å²) in [6, 6.07) is 7.76. The van der Waals surface area contributed by atoms with Crippen LogP contribution in [0.3, 0.4) is 0 Å². The monoisotopic (exact) mass is 292 g/mol. The highest BCUT2D eigenvalue weighted by molar-refractivity contribution is 6.31. The Morgan fingerprint density at radius 3 is 2.90 bits per heavy atom. The molecule has 2 N–H and O–H groups in total. The van der Waals surface area contributed by atoms with E-state index >= 15 is 0 Å². The fourth-order valence-electron chi connectivity index (χ4n) is 1.90. The van der Waals surface area contributed by atoms with Crippen LogP contribution in [-0.4, -0.2) is 22.7 Å². The molecule has 0 spiro atoms. The number of aromatic nitrogens is 2. The molecule has 1 aromatic carbocycles. The average Bonchev–Trinajstić information content (AvgIpc) is 2.86. The highest BCUT2D eigenvalue weighted by atomic mass is 35.5. The Kier molecular flexibility index (Phi) is 4.63. The normalized spacial score (nSPS) is 11.9. The molecule has 1 heterocycles. The van der Waals surface area contributed by atoms with Crippen molar-refractivity contribution >= 4 is 23.2 Å². The molecule has 2 aromatic rings. The minimum atomic E-state index is -0.0844. The summed E-state index contributed by atoms with van der Waals surface area (Å²) in [7, 11) is 1.60. The van der Waals surface area contributed by atoms with Gasteiger partial charge in [-0.2, -0.15) is 5.10 Å². The van der Waals surface area contributed by atoms with Gasteiger partial charge in [-0.15, -0.1) is 0 Å². The smallest absolute Gasteiger partial charge is 0.241 e. The quantitative estimate of drug-likeness (QED) is 0.890. The van der Waals surface area contributed by atoms with Crippen LogP contribution in [-0.2, 0) is 11.3 Å². The van der Waals surface area contributed by atoms with Crippen molar-refractivity contribution in [3.05, 3.63) is 47.2 Å². The van der Waals surface area contributed by atoms with Crippen molar-refractivity contribution in [3.8, 4) is 0 Å². The molecule has 1 atom stereocenters. The van der Waals surface area contributed by atoms with Crippen molar-refractivity contribution in [3.63, 3.8) is 0 Å². The Morgan fingerprint density at radius 2 is 2.20 bits per heavy atom. The molecule has 0 radical (unpaired) electrons. The topological polar surface area (TPSA) is 59.0 Å². The maximum atomic E-state index is 11.3. The summed E-state index contributed by atoms with van der Waals surface area (Å²) in [6.07, 6.45) is 3.48. The SMILES string of the molecule is CNC(=O)Cn1cc(NC(C)c2ccccc2Cl)cn1. The number of anilines is 1. The minimum absolute atomic E-state index is 0.0568. The Morgan fingerprint density at radius 1 is 1.45 bits per heavy atom. The summed E-state index contributed by atoms with van der Waals surface area (Å²) in [4.78, 5) is 11.3. The van der Waals surface area contributed by atoms with E-state index in [-0.39, 0.29) is 18.5 Å². The Hall–Kier alpha value is -2.01. The number of amides is 1. The third-order valence-corrected chi connectivity index (χ3v) is 3.32. The number of hydrogen-bond donors (Lipinski definition) is 2. The zero-order chi connectivity index (χ0) is 14.5. The van der Waals surface area contributed by atoms with Gasteiger partial charge in [-0.3, -0.25) is 9.48 Å². The van der Waals surface area contributed by atoms with Crippen molar-refractivity contribution in [2.24, 2.45) is 0 Å². The van der Waals surface area contributed by atoms with Crippen LogP contribution < -0.4 is 10.6 Å². The van der Waals surface area contributed by atoms with Crippen LogP contribution in [0.4, 0.5) is 5.69 Å². The number of rotatable bonds is 5. The van der Waals surface area contributed by atoms with Crippen molar-refractivity contribution in [2.45, 2.75) is 19.5 Å². The third-order valence-electron chi connectivity index (χ3n) is 2.97. The van der Waals surface area contributed by atoms with Gasteiger partial charge in [0.2, 0.25) is 5.91 Å². The zero-order valence-electron chi connectivity index (χ0n) is 11.4. The third kappa shape index (κ3) is 3.51. The van der Waals surface area contributed by atoms with Crippen molar-refractivity contribution in [2.75, 3.05) is 12.4 Å². The first kappa shape index (κ1) is 14.4. The van der Waals surface area contributed by atoms with E-state index in [4.69, 9.17) is 11.6 Å². The molecular weight excluding hydrogens is 276 g/mol. The van der Waals surface area contributed by atoms with E-state index in [1.807, 2.05) is 31.2 Å². The Balaban J connectivity index is 2.03. The average molecular weight is 293 g/mol. The molecule has 6 heteroatoms. The number of carbonyl (C=O) groups is 1. The van der Waals surface area contributed by atoms with Crippen LogP contribution in [0.15, 0.2) is 36.7 Å². The van der Waals surface area contributed by atoms with Gasteiger partial charge < -0.3 is 10.6 Å². The molecule has 1 amide bonds. The predicted octanol–water partition coefficient (Wildman–Crippen LogP) is 2.46. The lowest BCUT2D eigenvalue weighted by molar-refractivity contribution is -0.121. The second kappa shape index (κ2) is 6.43. The highest BCUT2D eigenvalue weighted by Gasteiger charge is 2.10. The van der Waals surface area contributed by atoms with Gasteiger partial charge in [0.1, 0.15) is 6.54 Å². The van der Waals surface area contributed by atoms with Gasteiger partial charge in [0.15, 0.2) is 0 Å². The van der Waals surface area contributed by atoms with Crippen LogP contribution in [0.5, 0.6) is 0 Å². The summed E-state index contributed by atoms with van der Waals surface area (Å²) in [5.74, 6) is -0.0844. The lowest BCUT2D eigenvalue weighted by Crippen LogP contribution is -2.23. The van der Waals surface area contributed by atoms with Gasteiger partial charge in [0, 0.05) is 18.3 Å². The van der Waals surface area contributed by atoms with Gasteiger partial charge in [-0.25, -0.2) is 0 Å². The number of nitrogens with one attached hydrogen (secondary N) is 2. The van der Waals surface area contributed by atoms with E-state index in [9.17, 15) is 4.79 Å². The summed E-state index contributed by atoms with van der Waals surface area (Å²) in [5.41, 5.74) is 1.87. The molecular formula is C14H17ClN4O. The number of likely N-dealkylation sites (N-methyl/N-ethyl adjacent to an activating group) is 1. The van der Waals surface area contributed by atoms with Crippen LogP contribution in [0.1, 0.15) is 18.5 Å². The standard InChI is InChI=1S/C14H17ClN4O/c1-10(12-5-3-4-6-13(12)15)18-11-7-17-19(8-11)9-14(20)16-2/h3-8,10,18H,9H2,1-2H3,(H,16,20). The predicted molar refractivity (Wildman–Crippen MR) is 79.8 cm³/mol. The van der Waals surface area contributed by atoms with E-state index in [1.54, 1.807) is 24.1 Å². The number of hydrogen-bond acceptors (Lipinski definition) is 3. The molecule has 0 fully saturated rings. The first-order valence-electron chi connectivity index (χ1n) is 6.34. The largest absolute Gasteiger partial charge is 0.376 e. The maximum absolute atomic E-state index is 11.3. The summed E-state index contributed by atoms with van der Waals surface area (Å²) < 4.78 is 1.58. The molecule has 20 heavy (non-hydrogen) atoms. The zero-order valence-corrected chi connectivity index (χ0v) is 12.2. The summed E-state index contributed by atoms with van der Waals surface area (Å²) in [5, 5.41) is 10.7. The second-order valence-electron chi connectivity index (χ2n) is 4.49. The van der Waals surface area contributed by atoms with E-state index in [1.165, 1.54) is 0 Å². The van der Waals surface area contributed by atoms with Gasteiger partial charge in [-0.05, 0) is 18.6 Å². The molecule has 0 aliphatic heterocycles. The van der Waals surface area contributed by atoms with Crippen molar-refractivity contribution in [1.82, 2.24) is 15.1 Å². The second-order valence-corrected chi connectivity index (χ2v) is 4.89. The first-order valence-corrected chi connectivity index (χ1v) is 6.72. The lowest BCUT2D eigenvalue weighted by Gasteiger charge is -2.15. The van der Waals surface area contributed by atoms with Gasteiger partial charge >= 0.3 is 0 Å². The maximum Gasteiger partial charge on any atom is 0.241 e.